The second-order valence-corrected chi connectivity index (χ2v) is 6.00. The molecule has 1 aromatic heterocycles. The molecule has 0 bridgehead atoms. The number of hydrazone groups is 1. The lowest BCUT2D eigenvalue weighted by Crippen LogP contribution is -2.04. The van der Waals surface area contributed by atoms with E-state index >= 15 is 0 Å². The van der Waals surface area contributed by atoms with Gasteiger partial charge < -0.3 is 0 Å². The Kier molecular flexibility index (Phi) is 2.91. The molecule has 0 fully saturated rings. The molecular formula is C13H12N2S2. The van der Waals surface area contributed by atoms with E-state index in [0.717, 1.165) is 5.04 Å². The number of benzene rings is 1. The summed E-state index contributed by atoms with van der Waals surface area (Å²) < 4.78 is 0. The first-order chi connectivity index (χ1) is 8.33. The fraction of sp³-hybridized carbons (Fsp3) is 0.154. The van der Waals surface area contributed by atoms with Crippen LogP contribution in [0.15, 0.2) is 46.9 Å². The molecule has 0 saturated heterocycles. The second-order valence-electron chi connectivity index (χ2n) is 3.93. The predicted octanol–water partition coefficient (Wildman–Crippen LogP) is 3.75. The maximum absolute atomic E-state index is 4.41. The van der Waals surface area contributed by atoms with Gasteiger partial charge in [0.15, 0.2) is 0 Å². The Balaban J connectivity index is 1.77. The smallest absolute Gasteiger partial charge is 0.129 e. The first-order valence-electron chi connectivity index (χ1n) is 5.43. The summed E-state index contributed by atoms with van der Waals surface area (Å²) in [5.74, 6) is 0. The molecule has 0 spiro atoms. The number of hydrogen-bond donors (Lipinski definition) is 1. The van der Waals surface area contributed by atoms with Gasteiger partial charge in [-0.3, -0.25) is 5.43 Å². The summed E-state index contributed by atoms with van der Waals surface area (Å²) in [4.78, 5) is 1.32. The molecule has 2 nitrogen and oxygen atoms in total. The third-order valence-corrected chi connectivity index (χ3v) is 4.84. The van der Waals surface area contributed by atoms with Gasteiger partial charge in [-0.05, 0) is 18.4 Å². The highest BCUT2D eigenvalue weighted by Crippen LogP contribution is 2.36. The molecule has 1 aliphatic rings. The summed E-state index contributed by atoms with van der Waals surface area (Å²) in [6.45, 7) is 2.10. The van der Waals surface area contributed by atoms with Crippen LogP contribution < -0.4 is 5.43 Å². The van der Waals surface area contributed by atoms with E-state index in [1.54, 1.807) is 23.1 Å². The molecule has 2 heterocycles. The van der Waals surface area contributed by atoms with Gasteiger partial charge in [0, 0.05) is 10.4 Å². The van der Waals surface area contributed by atoms with Crippen molar-refractivity contribution in [3.63, 3.8) is 0 Å². The standard InChI is InChI=1S/C13H12N2S2/c1-9-4-6-10(7-5-9)12-14-15-13(17-12)11-3-2-8-16-11/h2-8,13,15H,1H3/t13-/m0/s1. The van der Waals surface area contributed by atoms with Gasteiger partial charge in [-0.2, -0.15) is 5.10 Å². The Morgan fingerprint density at radius 3 is 2.71 bits per heavy atom. The van der Waals surface area contributed by atoms with Crippen molar-refractivity contribution in [1.82, 2.24) is 5.43 Å². The van der Waals surface area contributed by atoms with Crippen molar-refractivity contribution >= 4 is 28.1 Å². The molecule has 1 atom stereocenters. The van der Waals surface area contributed by atoms with Crippen molar-refractivity contribution in [2.45, 2.75) is 12.3 Å². The number of aryl methyl sites for hydroxylation is 1. The highest BCUT2D eigenvalue weighted by atomic mass is 32.2. The molecule has 1 aliphatic heterocycles. The first kappa shape index (κ1) is 10.9. The molecule has 86 valence electrons. The van der Waals surface area contributed by atoms with Gasteiger partial charge in [-0.25, -0.2) is 0 Å². The largest absolute Gasteiger partial charge is 0.290 e. The highest BCUT2D eigenvalue weighted by molar-refractivity contribution is 8.14. The van der Waals surface area contributed by atoms with Gasteiger partial charge in [0.25, 0.3) is 0 Å². The molecule has 1 aromatic carbocycles. The molecular weight excluding hydrogens is 248 g/mol. The van der Waals surface area contributed by atoms with E-state index in [4.69, 9.17) is 0 Å². The van der Waals surface area contributed by atoms with E-state index in [1.807, 2.05) is 0 Å². The average Bonchev–Trinajstić information content (AvgIpc) is 3.00. The van der Waals surface area contributed by atoms with Crippen LogP contribution in [-0.4, -0.2) is 5.04 Å². The fourth-order valence-corrected chi connectivity index (χ4v) is 3.53. The Morgan fingerprint density at radius 1 is 1.18 bits per heavy atom. The van der Waals surface area contributed by atoms with Gasteiger partial charge in [-0.15, -0.1) is 11.3 Å². The summed E-state index contributed by atoms with van der Waals surface area (Å²) in [6.07, 6.45) is 0. The van der Waals surface area contributed by atoms with E-state index in [-0.39, 0.29) is 5.37 Å². The van der Waals surface area contributed by atoms with E-state index in [1.165, 1.54) is 16.0 Å². The lowest BCUT2D eigenvalue weighted by molar-refractivity contribution is 0.754. The molecule has 4 heteroatoms. The zero-order chi connectivity index (χ0) is 11.7. The van der Waals surface area contributed by atoms with Crippen molar-refractivity contribution < 1.29 is 0 Å². The van der Waals surface area contributed by atoms with E-state index in [0.29, 0.717) is 0 Å². The molecule has 17 heavy (non-hydrogen) atoms. The van der Waals surface area contributed by atoms with Crippen molar-refractivity contribution in [3.05, 3.63) is 57.8 Å². The van der Waals surface area contributed by atoms with Gasteiger partial charge in [-0.1, -0.05) is 47.7 Å². The maximum Gasteiger partial charge on any atom is 0.129 e. The molecule has 0 unspecified atom stereocenters. The highest BCUT2D eigenvalue weighted by Gasteiger charge is 2.22. The summed E-state index contributed by atoms with van der Waals surface area (Å²) >= 11 is 3.54. The SMILES string of the molecule is Cc1ccc(C2=NN[C@H](c3cccs3)S2)cc1. The Labute approximate surface area is 109 Å². The van der Waals surface area contributed by atoms with Crippen LogP contribution in [0, 0.1) is 6.92 Å². The molecule has 2 aromatic rings. The zero-order valence-corrected chi connectivity index (χ0v) is 11.0. The van der Waals surface area contributed by atoms with Crippen LogP contribution in [0.1, 0.15) is 21.4 Å². The summed E-state index contributed by atoms with van der Waals surface area (Å²) in [7, 11) is 0. The van der Waals surface area contributed by atoms with Gasteiger partial charge >= 0.3 is 0 Å². The van der Waals surface area contributed by atoms with Gasteiger partial charge in [0.1, 0.15) is 10.4 Å². The van der Waals surface area contributed by atoms with Gasteiger partial charge in [0.2, 0.25) is 0 Å². The topological polar surface area (TPSA) is 24.4 Å². The minimum Gasteiger partial charge on any atom is -0.290 e. The average molecular weight is 260 g/mol. The van der Waals surface area contributed by atoms with Crippen molar-refractivity contribution in [2.75, 3.05) is 0 Å². The lowest BCUT2D eigenvalue weighted by Gasteiger charge is -2.05. The summed E-state index contributed by atoms with van der Waals surface area (Å²) in [5.41, 5.74) is 5.65. The third-order valence-electron chi connectivity index (χ3n) is 2.61. The number of nitrogens with one attached hydrogen (secondary N) is 1. The molecule has 0 radical (unpaired) electrons. The van der Waals surface area contributed by atoms with Crippen LogP contribution in [0.4, 0.5) is 0 Å². The normalized spacial score (nSPS) is 18.9. The Bertz CT molecular complexity index is 529. The van der Waals surface area contributed by atoms with Crippen molar-refractivity contribution in [3.8, 4) is 0 Å². The molecule has 1 N–H and O–H groups in total. The van der Waals surface area contributed by atoms with Crippen LogP contribution in [0.25, 0.3) is 0 Å². The minimum absolute atomic E-state index is 0.270. The fourth-order valence-electron chi connectivity index (χ4n) is 1.67. The first-order valence-corrected chi connectivity index (χ1v) is 7.19. The molecule has 0 amide bonds. The number of nitrogens with zero attached hydrogens (tertiary/aromatic N) is 1. The third kappa shape index (κ3) is 2.23. The van der Waals surface area contributed by atoms with Crippen LogP contribution in [0.3, 0.4) is 0 Å². The summed E-state index contributed by atoms with van der Waals surface area (Å²) in [5, 5.41) is 7.85. The van der Waals surface area contributed by atoms with Crippen molar-refractivity contribution in [2.24, 2.45) is 5.10 Å². The van der Waals surface area contributed by atoms with E-state index < -0.39 is 0 Å². The Morgan fingerprint density at radius 2 is 2.00 bits per heavy atom. The number of rotatable bonds is 2. The van der Waals surface area contributed by atoms with Crippen LogP contribution >= 0.6 is 23.1 Å². The number of thiophene rings is 1. The van der Waals surface area contributed by atoms with Crippen molar-refractivity contribution in [1.29, 1.82) is 0 Å². The second kappa shape index (κ2) is 4.55. The van der Waals surface area contributed by atoms with Crippen LogP contribution in [0.5, 0.6) is 0 Å². The predicted molar refractivity (Wildman–Crippen MR) is 75.5 cm³/mol. The number of thioether (sulfide) groups is 1. The monoisotopic (exact) mass is 260 g/mol. The number of hydrogen-bond acceptors (Lipinski definition) is 4. The zero-order valence-electron chi connectivity index (χ0n) is 9.38. The Hall–Kier alpha value is -1.26. The molecule has 0 aliphatic carbocycles. The van der Waals surface area contributed by atoms with E-state index in [2.05, 4.69) is 59.2 Å². The van der Waals surface area contributed by atoms with Gasteiger partial charge in [0.05, 0.1) is 0 Å². The minimum atomic E-state index is 0.270. The van der Waals surface area contributed by atoms with E-state index in [9.17, 15) is 0 Å². The summed E-state index contributed by atoms with van der Waals surface area (Å²) in [6, 6.07) is 12.7. The quantitative estimate of drug-likeness (QED) is 0.889. The van der Waals surface area contributed by atoms with Crippen LogP contribution in [0.2, 0.25) is 0 Å². The molecule has 0 saturated carbocycles. The van der Waals surface area contributed by atoms with Crippen LogP contribution in [-0.2, 0) is 0 Å². The molecule has 3 rings (SSSR count). The lowest BCUT2D eigenvalue weighted by atomic mass is 10.2. The maximum atomic E-state index is 4.41.